The molecule has 6 nitrogen and oxygen atoms in total. The smallest absolute Gasteiger partial charge is 0.270 e. The first-order valence-corrected chi connectivity index (χ1v) is 12.9. The van der Waals surface area contributed by atoms with Crippen LogP contribution in [-0.4, -0.2) is 34.5 Å². The maximum absolute atomic E-state index is 13.4. The van der Waals surface area contributed by atoms with Gasteiger partial charge in [-0.2, -0.15) is 0 Å². The fourth-order valence-electron chi connectivity index (χ4n) is 4.06. The standard InChI is InChI=1S/C28H30N2O4S/c1-28(2,3)21-14-16-22(17-15-21)34-19-18-29-27(31)26-25(20-10-6-5-7-11-20)23-12-8-9-13-24(23)30(4)35(26,32)33/h5-17H,18-19H2,1-4H3,(H,29,31). The second kappa shape index (κ2) is 9.58. The van der Waals surface area contributed by atoms with E-state index in [9.17, 15) is 13.2 Å². The summed E-state index contributed by atoms with van der Waals surface area (Å²) in [6, 6.07) is 24.1. The van der Waals surface area contributed by atoms with Gasteiger partial charge in [-0.25, -0.2) is 8.42 Å². The Balaban J connectivity index is 1.57. The van der Waals surface area contributed by atoms with Gasteiger partial charge in [0.2, 0.25) is 0 Å². The Labute approximate surface area is 207 Å². The fourth-order valence-corrected chi connectivity index (χ4v) is 5.55. The Morgan fingerprint density at radius 3 is 2.20 bits per heavy atom. The van der Waals surface area contributed by atoms with Gasteiger partial charge in [0.25, 0.3) is 15.9 Å². The molecule has 4 rings (SSSR count). The summed E-state index contributed by atoms with van der Waals surface area (Å²) in [6.07, 6.45) is 0. The molecule has 1 aliphatic rings. The highest BCUT2D eigenvalue weighted by atomic mass is 32.2. The normalized spacial score (nSPS) is 14.9. The number of hydrogen-bond acceptors (Lipinski definition) is 4. The van der Waals surface area contributed by atoms with Crippen molar-refractivity contribution in [1.29, 1.82) is 0 Å². The van der Waals surface area contributed by atoms with Crippen LogP contribution < -0.4 is 14.4 Å². The first kappa shape index (κ1) is 24.5. The second-order valence-electron chi connectivity index (χ2n) is 9.44. The van der Waals surface area contributed by atoms with E-state index in [4.69, 9.17) is 4.74 Å². The highest BCUT2D eigenvalue weighted by Crippen LogP contribution is 2.41. The van der Waals surface area contributed by atoms with Crippen LogP contribution in [0, 0.1) is 0 Å². The van der Waals surface area contributed by atoms with E-state index in [-0.39, 0.29) is 23.5 Å². The predicted octanol–water partition coefficient (Wildman–Crippen LogP) is 4.72. The van der Waals surface area contributed by atoms with Gasteiger partial charge in [0.1, 0.15) is 12.4 Å². The number of carbonyl (C=O) groups excluding carboxylic acids is 1. The lowest BCUT2D eigenvalue weighted by molar-refractivity contribution is -0.116. The minimum Gasteiger partial charge on any atom is -0.492 e. The number of benzene rings is 3. The molecule has 182 valence electrons. The predicted molar refractivity (Wildman–Crippen MR) is 140 cm³/mol. The summed E-state index contributed by atoms with van der Waals surface area (Å²) in [5, 5.41) is 2.74. The molecule has 1 aliphatic heterocycles. The molecule has 7 heteroatoms. The lowest BCUT2D eigenvalue weighted by Crippen LogP contribution is -2.40. The number of anilines is 1. The Kier molecular flexibility index (Phi) is 6.72. The lowest BCUT2D eigenvalue weighted by atomic mass is 9.87. The molecule has 0 saturated heterocycles. The van der Waals surface area contributed by atoms with Crippen molar-refractivity contribution >= 4 is 27.2 Å². The van der Waals surface area contributed by atoms with E-state index >= 15 is 0 Å². The maximum Gasteiger partial charge on any atom is 0.270 e. The van der Waals surface area contributed by atoms with Crippen LogP contribution in [0.1, 0.15) is 37.5 Å². The molecule has 0 spiro atoms. The molecule has 0 unspecified atom stereocenters. The molecule has 0 fully saturated rings. The summed E-state index contributed by atoms with van der Waals surface area (Å²) < 4.78 is 33.8. The van der Waals surface area contributed by atoms with E-state index in [2.05, 4.69) is 26.1 Å². The van der Waals surface area contributed by atoms with E-state index in [0.29, 0.717) is 28.1 Å². The van der Waals surface area contributed by atoms with Crippen molar-refractivity contribution in [3.05, 3.63) is 100 Å². The van der Waals surface area contributed by atoms with Gasteiger partial charge in [0.15, 0.2) is 4.91 Å². The molecule has 0 aromatic heterocycles. The molecule has 0 atom stereocenters. The lowest BCUT2D eigenvalue weighted by Gasteiger charge is -2.30. The van der Waals surface area contributed by atoms with E-state index < -0.39 is 15.9 Å². The van der Waals surface area contributed by atoms with Gasteiger partial charge in [-0.3, -0.25) is 9.10 Å². The third-order valence-corrected chi connectivity index (χ3v) is 7.83. The minimum atomic E-state index is -4.06. The third kappa shape index (κ3) is 4.95. The van der Waals surface area contributed by atoms with Gasteiger partial charge in [-0.1, -0.05) is 81.4 Å². The number of para-hydroxylation sites is 1. The summed E-state index contributed by atoms with van der Waals surface area (Å²) in [4.78, 5) is 13.0. The zero-order valence-corrected chi connectivity index (χ0v) is 21.2. The Morgan fingerprint density at radius 1 is 0.914 bits per heavy atom. The number of rotatable bonds is 6. The summed E-state index contributed by atoms with van der Waals surface area (Å²) >= 11 is 0. The number of sulfonamides is 1. The molecule has 35 heavy (non-hydrogen) atoms. The number of nitrogens with zero attached hydrogens (tertiary/aromatic N) is 1. The number of fused-ring (bicyclic) bond motifs is 1. The fraction of sp³-hybridized carbons (Fsp3) is 0.250. The van der Waals surface area contributed by atoms with Crippen molar-refractivity contribution in [3.8, 4) is 5.75 Å². The van der Waals surface area contributed by atoms with E-state index in [1.165, 1.54) is 12.6 Å². The van der Waals surface area contributed by atoms with Gasteiger partial charge in [-0.05, 0) is 34.7 Å². The highest BCUT2D eigenvalue weighted by molar-refractivity contribution is 7.97. The molecule has 0 bridgehead atoms. The van der Waals surface area contributed by atoms with Crippen molar-refractivity contribution in [3.63, 3.8) is 0 Å². The van der Waals surface area contributed by atoms with Crippen LogP contribution in [0.25, 0.3) is 5.57 Å². The van der Waals surface area contributed by atoms with Crippen LogP contribution >= 0.6 is 0 Å². The van der Waals surface area contributed by atoms with E-state index in [1.54, 1.807) is 12.1 Å². The maximum atomic E-state index is 13.4. The van der Waals surface area contributed by atoms with E-state index in [0.717, 1.165) is 4.31 Å². The minimum absolute atomic E-state index is 0.0496. The van der Waals surface area contributed by atoms with Crippen LogP contribution in [0.15, 0.2) is 83.8 Å². The highest BCUT2D eigenvalue weighted by Gasteiger charge is 2.39. The molecular formula is C28H30N2O4S. The van der Waals surface area contributed by atoms with Crippen LogP contribution in [-0.2, 0) is 20.2 Å². The SMILES string of the molecule is CN1c2ccccc2C(c2ccccc2)=C(C(=O)NCCOc2ccc(C(C)(C)C)cc2)S1(=O)=O. The topological polar surface area (TPSA) is 75.7 Å². The van der Waals surface area contributed by atoms with Crippen molar-refractivity contribution < 1.29 is 17.9 Å². The zero-order chi connectivity index (χ0) is 25.2. The molecule has 1 N–H and O–H groups in total. The van der Waals surface area contributed by atoms with Crippen molar-refractivity contribution in [1.82, 2.24) is 5.32 Å². The molecule has 3 aromatic rings. The summed E-state index contributed by atoms with van der Waals surface area (Å²) in [5.74, 6) is 0.0345. The third-order valence-electron chi connectivity index (χ3n) is 6.00. The number of amides is 1. The van der Waals surface area contributed by atoms with Gasteiger partial charge in [0.05, 0.1) is 12.2 Å². The Bertz CT molecular complexity index is 1360. The zero-order valence-electron chi connectivity index (χ0n) is 20.4. The quantitative estimate of drug-likeness (QED) is 0.508. The Hall–Kier alpha value is -3.58. The van der Waals surface area contributed by atoms with Crippen molar-refractivity contribution in [2.45, 2.75) is 26.2 Å². The number of hydrogen-bond donors (Lipinski definition) is 1. The molecule has 1 amide bonds. The van der Waals surface area contributed by atoms with Crippen LogP contribution in [0.4, 0.5) is 5.69 Å². The monoisotopic (exact) mass is 490 g/mol. The second-order valence-corrected chi connectivity index (χ2v) is 11.3. The van der Waals surface area contributed by atoms with Crippen LogP contribution in [0.2, 0.25) is 0 Å². The summed E-state index contributed by atoms with van der Waals surface area (Å²) in [7, 11) is -2.59. The average molecular weight is 491 g/mol. The van der Waals surface area contributed by atoms with Crippen LogP contribution in [0.5, 0.6) is 5.75 Å². The van der Waals surface area contributed by atoms with Gasteiger partial charge < -0.3 is 10.1 Å². The van der Waals surface area contributed by atoms with Gasteiger partial charge >= 0.3 is 0 Å². The number of ether oxygens (including phenoxy) is 1. The van der Waals surface area contributed by atoms with Gasteiger partial charge in [0, 0.05) is 18.2 Å². The number of nitrogens with one attached hydrogen (secondary N) is 1. The molecular weight excluding hydrogens is 460 g/mol. The van der Waals surface area contributed by atoms with Crippen molar-refractivity contribution in [2.24, 2.45) is 0 Å². The Morgan fingerprint density at radius 2 is 1.54 bits per heavy atom. The average Bonchev–Trinajstić information content (AvgIpc) is 2.84. The first-order valence-electron chi connectivity index (χ1n) is 11.5. The van der Waals surface area contributed by atoms with E-state index in [1.807, 2.05) is 66.7 Å². The largest absolute Gasteiger partial charge is 0.492 e. The van der Waals surface area contributed by atoms with Crippen LogP contribution in [0.3, 0.4) is 0 Å². The molecule has 0 saturated carbocycles. The number of carbonyl (C=O) groups is 1. The summed E-state index contributed by atoms with van der Waals surface area (Å²) in [5.41, 5.74) is 3.53. The van der Waals surface area contributed by atoms with Gasteiger partial charge in [-0.15, -0.1) is 0 Å². The summed E-state index contributed by atoms with van der Waals surface area (Å²) in [6.45, 7) is 6.80. The molecule has 1 heterocycles. The molecule has 0 aliphatic carbocycles. The molecule has 0 radical (unpaired) electrons. The molecule has 3 aromatic carbocycles. The first-order chi connectivity index (χ1) is 16.6. The van der Waals surface area contributed by atoms with Crippen molar-refractivity contribution in [2.75, 3.05) is 24.5 Å².